The summed E-state index contributed by atoms with van der Waals surface area (Å²) in [7, 11) is 1.57. The van der Waals surface area contributed by atoms with Crippen molar-refractivity contribution in [3.05, 3.63) is 120 Å². The Balaban J connectivity index is 1.48. The molecule has 4 aromatic carbocycles. The SMILES string of the molecule is COc1cccc(C(=O)Nc2ccc(SC(C(=O)Nc3cccc(C)c3)c3ccccc3)cc2)c1. The highest BCUT2D eigenvalue weighted by Gasteiger charge is 2.22. The molecule has 0 heterocycles. The van der Waals surface area contributed by atoms with E-state index in [0.29, 0.717) is 17.0 Å². The predicted molar refractivity (Wildman–Crippen MR) is 142 cm³/mol. The van der Waals surface area contributed by atoms with Crippen molar-refractivity contribution in [2.45, 2.75) is 17.1 Å². The Morgan fingerprint density at radius 2 is 1.51 bits per heavy atom. The van der Waals surface area contributed by atoms with Crippen molar-refractivity contribution in [2.24, 2.45) is 0 Å². The Hall–Kier alpha value is -4.03. The van der Waals surface area contributed by atoms with Crippen LogP contribution >= 0.6 is 11.8 Å². The summed E-state index contributed by atoms with van der Waals surface area (Å²) >= 11 is 1.46. The Morgan fingerprint density at radius 3 is 2.23 bits per heavy atom. The number of carbonyl (C=O) groups excluding carboxylic acids is 2. The summed E-state index contributed by atoms with van der Waals surface area (Å²) in [6, 6.07) is 31.9. The van der Waals surface area contributed by atoms with Gasteiger partial charge in [-0.2, -0.15) is 0 Å². The molecule has 0 aliphatic rings. The number of hydrogen-bond acceptors (Lipinski definition) is 4. The van der Waals surface area contributed by atoms with Gasteiger partial charge in [0.05, 0.1) is 7.11 Å². The van der Waals surface area contributed by atoms with Gasteiger partial charge < -0.3 is 15.4 Å². The Bertz CT molecular complexity index is 1310. The van der Waals surface area contributed by atoms with Crippen LogP contribution in [0.5, 0.6) is 5.75 Å². The number of thioether (sulfide) groups is 1. The fourth-order valence-corrected chi connectivity index (χ4v) is 4.58. The third-order valence-corrected chi connectivity index (χ3v) is 6.59. The van der Waals surface area contributed by atoms with E-state index in [9.17, 15) is 9.59 Å². The van der Waals surface area contributed by atoms with E-state index < -0.39 is 5.25 Å². The number of aryl methyl sites for hydroxylation is 1. The molecule has 176 valence electrons. The van der Waals surface area contributed by atoms with Gasteiger partial charge in [0.25, 0.3) is 5.91 Å². The molecular formula is C29H26N2O3S. The summed E-state index contributed by atoms with van der Waals surface area (Å²) in [6.45, 7) is 1.99. The molecule has 0 saturated carbocycles. The first-order valence-corrected chi connectivity index (χ1v) is 12.0. The largest absolute Gasteiger partial charge is 0.497 e. The third-order valence-electron chi connectivity index (χ3n) is 5.32. The lowest BCUT2D eigenvalue weighted by molar-refractivity contribution is -0.115. The van der Waals surface area contributed by atoms with E-state index in [2.05, 4.69) is 10.6 Å². The fraction of sp³-hybridized carbons (Fsp3) is 0.103. The van der Waals surface area contributed by atoms with E-state index in [1.54, 1.807) is 31.4 Å². The molecule has 0 fully saturated rings. The molecule has 0 aromatic heterocycles. The highest BCUT2D eigenvalue weighted by molar-refractivity contribution is 8.00. The summed E-state index contributed by atoms with van der Waals surface area (Å²) < 4.78 is 5.19. The minimum atomic E-state index is -0.436. The molecule has 4 aromatic rings. The second-order valence-corrected chi connectivity index (χ2v) is 9.16. The topological polar surface area (TPSA) is 67.4 Å². The molecule has 2 amide bonds. The quantitative estimate of drug-likeness (QED) is 0.273. The van der Waals surface area contributed by atoms with Crippen molar-refractivity contribution in [1.29, 1.82) is 0 Å². The van der Waals surface area contributed by atoms with Crippen LogP contribution in [0.4, 0.5) is 11.4 Å². The summed E-state index contributed by atoms with van der Waals surface area (Å²) in [5, 5.41) is 5.50. The van der Waals surface area contributed by atoms with E-state index in [1.165, 1.54) is 11.8 Å². The molecule has 35 heavy (non-hydrogen) atoms. The number of hydrogen-bond donors (Lipinski definition) is 2. The lowest BCUT2D eigenvalue weighted by atomic mass is 10.1. The van der Waals surface area contributed by atoms with Crippen LogP contribution in [0.15, 0.2) is 108 Å². The Labute approximate surface area is 209 Å². The molecule has 0 aliphatic carbocycles. The Morgan fingerprint density at radius 1 is 0.771 bits per heavy atom. The molecule has 4 rings (SSSR count). The van der Waals surface area contributed by atoms with Gasteiger partial charge in [-0.05, 0) is 72.6 Å². The first-order valence-electron chi connectivity index (χ1n) is 11.2. The fourth-order valence-electron chi connectivity index (χ4n) is 3.55. The van der Waals surface area contributed by atoms with E-state index in [-0.39, 0.29) is 11.8 Å². The maximum atomic E-state index is 13.3. The van der Waals surface area contributed by atoms with Gasteiger partial charge in [0.1, 0.15) is 11.0 Å². The predicted octanol–water partition coefficient (Wildman–Crippen LogP) is 6.73. The lowest BCUT2D eigenvalue weighted by Gasteiger charge is -2.17. The number of anilines is 2. The van der Waals surface area contributed by atoms with E-state index in [4.69, 9.17) is 4.74 Å². The normalized spacial score (nSPS) is 11.4. The molecule has 0 bridgehead atoms. The average molecular weight is 483 g/mol. The van der Waals surface area contributed by atoms with Gasteiger partial charge in [-0.15, -0.1) is 11.8 Å². The first-order chi connectivity index (χ1) is 17.0. The van der Waals surface area contributed by atoms with Crippen molar-refractivity contribution >= 4 is 35.0 Å². The molecule has 2 N–H and O–H groups in total. The lowest BCUT2D eigenvalue weighted by Crippen LogP contribution is -2.19. The maximum absolute atomic E-state index is 13.3. The first kappa shape index (κ1) is 24.1. The number of ether oxygens (including phenoxy) is 1. The van der Waals surface area contributed by atoms with Crippen LogP contribution in [0.3, 0.4) is 0 Å². The summed E-state index contributed by atoms with van der Waals surface area (Å²) in [6.07, 6.45) is 0. The standard InChI is InChI=1S/C29H26N2O3S/c1-20-8-6-12-24(18-20)31-29(33)27(21-9-4-3-5-10-21)35-26-16-14-23(15-17-26)30-28(32)22-11-7-13-25(19-22)34-2/h3-19,27H,1-2H3,(H,30,32)(H,31,33). The van der Waals surface area contributed by atoms with Gasteiger partial charge in [0.15, 0.2) is 0 Å². The van der Waals surface area contributed by atoms with Crippen LogP contribution in [0.25, 0.3) is 0 Å². The van der Waals surface area contributed by atoms with Crippen molar-refractivity contribution in [1.82, 2.24) is 0 Å². The second kappa shape index (κ2) is 11.4. The zero-order valence-electron chi connectivity index (χ0n) is 19.5. The summed E-state index contributed by atoms with van der Waals surface area (Å²) in [5.41, 5.74) is 3.95. The maximum Gasteiger partial charge on any atom is 0.255 e. The highest BCUT2D eigenvalue weighted by Crippen LogP contribution is 2.36. The van der Waals surface area contributed by atoms with Crippen molar-refractivity contribution in [3.63, 3.8) is 0 Å². The van der Waals surface area contributed by atoms with E-state index in [0.717, 1.165) is 21.7 Å². The Kier molecular flexibility index (Phi) is 7.85. The molecule has 5 nitrogen and oxygen atoms in total. The van der Waals surface area contributed by atoms with Crippen LogP contribution in [0.2, 0.25) is 0 Å². The molecule has 0 aliphatic heterocycles. The third kappa shape index (κ3) is 6.52. The van der Waals surface area contributed by atoms with Crippen LogP contribution in [0, 0.1) is 6.92 Å². The van der Waals surface area contributed by atoms with Gasteiger partial charge in [-0.3, -0.25) is 9.59 Å². The molecule has 6 heteroatoms. The zero-order chi connectivity index (χ0) is 24.6. The molecule has 1 unspecified atom stereocenters. The monoisotopic (exact) mass is 482 g/mol. The van der Waals surface area contributed by atoms with Crippen LogP contribution in [0.1, 0.15) is 26.7 Å². The van der Waals surface area contributed by atoms with Crippen LogP contribution < -0.4 is 15.4 Å². The van der Waals surface area contributed by atoms with Gasteiger partial charge in [0, 0.05) is 21.8 Å². The summed E-state index contributed by atoms with van der Waals surface area (Å²) in [4.78, 5) is 26.8. The van der Waals surface area contributed by atoms with E-state index in [1.807, 2.05) is 85.8 Å². The van der Waals surface area contributed by atoms with Crippen molar-refractivity contribution in [3.8, 4) is 5.75 Å². The number of amides is 2. The zero-order valence-corrected chi connectivity index (χ0v) is 20.3. The molecule has 1 atom stereocenters. The van der Waals surface area contributed by atoms with E-state index >= 15 is 0 Å². The van der Waals surface area contributed by atoms with Crippen molar-refractivity contribution < 1.29 is 14.3 Å². The van der Waals surface area contributed by atoms with Crippen LogP contribution in [-0.4, -0.2) is 18.9 Å². The molecule has 0 radical (unpaired) electrons. The van der Waals surface area contributed by atoms with Gasteiger partial charge in [0.2, 0.25) is 5.91 Å². The number of carbonyl (C=O) groups is 2. The molecular weight excluding hydrogens is 456 g/mol. The molecule has 0 saturated heterocycles. The average Bonchev–Trinajstić information content (AvgIpc) is 2.88. The van der Waals surface area contributed by atoms with Gasteiger partial charge >= 0.3 is 0 Å². The number of benzene rings is 4. The van der Waals surface area contributed by atoms with Crippen molar-refractivity contribution in [2.75, 3.05) is 17.7 Å². The minimum Gasteiger partial charge on any atom is -0.497 e. The number of methoxy groups -OCH3 is 1. The minimum absolute atomic E-state index is 0.0952. The van der Waals surface area contributed by atoms with Gasteiger partial charge in [-0.25, -0.2) is 0 Å². The number of nitrogens with one attached hydrogen (secondary N) is 2. The smallest absolute Gasteiger partial charge is 0.255 e. The highest BCUT2D eigenvalue weighted by atomic mass is 32.2. The molecule has 0 spiro atoms. The van der Waals surface area contributed by atoms with Gasteiger partial charge in [-0.1, -0.05) is 48.5 Å². The van der Waals surface area contributed by atoms with Crippen LogP contribution in [-0.2, 0) is 4.79 Å². The number of rotatable bonds is 8. The summed E-state index contributed by atoms with van der Waals surface area (Å²) in [5.74, 6) is 0.312. The second-order valence-electron chi connectivity index (χ2n) is 7.98.